The Morgan fingerprint density at radius 1 is 1.24 bits per heavy atom. The zero-order chi connectivity index (χ0) is 18.4. The number of aryl methyl sites for hydroxylation is 2. The van der Waals surface area contributed by atoms with Gasteiger partial charge >= 0.3 is 0 Å². The maximum absolute atomic E-state index is 12.4. The predicted molar refractivity (Wildman–Crippen MR) is 101 cm³/mol. The van der Waals surface area contributed by atoms with Crippen molar-refractivity contribution in [1.82, 2.24) is 5.32 Å². The predicted octanol–water partition coefficient (Wildman–Crippen LogP) is 1.09. The van der Waals surface area contributed by atoms with Gasteiger partial charge in [-0.25, -0.2) is 0 Å². The lowest BCUT2D eigenvalue weighted by atomic mass is 10.1. The Morgan fingerprint density at radius 3 is 2.60 bits per heavy atom. The van der Waals surface area contributed by atoms with Crippen molar-refractivity contribution in [3.05, 3.63) is 29.3 Å². The number of anilines is 1. The molecule has 1 fully saturated rings. The van der Waals surface area contributed by atoms with Gasteiger partial charge < -0.3 is 15.1 Å². The fraction of sp³-hybridized carbons (Fsp3) is 0.600. The highest BCUT2D eigenvalue weighted by atomic mass is 16.2. The number of nitrogens with zero attached hydrogens (tertiary/aromatic N) is 1. The fourth-order valence-electron chi connectivity index (χ4n) is 3.32. The molecule has 138 valence electrons. The summed E-state index contributed by atoms with van der Waals surface area (Å²) in [6, 6.07) is 6.02. The number of hydrogen-bond donors (Lipinski definition) is 2. The Bertz CT molecular complexity index is 611. The molecule has 1 aliphatic heterocycles. The molecule has 2 amide bonds. The third-order valence-electron chi connectivity index (χ3n) is 5.30. The summed E-state index contributed by atoms with van der Waals surface area (Å²) >= 11 is 0. The van der Waals surface area contributed by atoms with Crippen molar-refractivity contribution in [3.63, 3.8) is 0 Å². The van der Waals surface area contributed by atoms with Crippen LogP contribution in [0.25, 0.3) is 0 Å². The summed E-state index contributed by atoms with van der Waals surface area (Å²) in [4.78, 5) is 28.0. The third kappa shape index (κ3) is 5.05. The molecular weight excluding hydrogens is 314 g/mol. The maximum Gasteiger partial charge on any atom is 0.227 e. The molecule has 2 N–H and O–H groups in total. The van der Waals surface area contributed by atoms with E-state index < -0.39 is 0 Å². The maximum atomic E-state index is 12.4. The molecule has 1 saturated heterocycles. The van der Waals surface area contributed by atoms with E-state index in [2.05, 4.69) is 26.1 Å². The highest BCUT2D eigenvalue weighted by Crippen LogP contribution is 2.26. The van der Waals surface area contributed by atoms with E-state index >= 15 is 0 Å². The molecule has 0 spiro atoms. The summed E-state index contributed by atoms with van der Waals surface area (Å²) in [5.74, 6) is -0.194. The van der Waals surface area contributed by atoms with Crippen LogP contribution in [-0.4, -0.2) is 44.5 Å². The fourth-order valence-corrected chi connectivity index (χ4v) is 3.32. The first-order chi connectivity index (χ1) is 12.0. The number of amides is 2. The minimum absolute atomic E-state index is 0.00855. The minimum atomic E-state index is -0.241. The van der Waals surface area contributed by atoms with Gasteiger partial charge in [0.15, 0.2) is 0 Å². The molecule has 25 heavy (non-hydrogen) atoms. The van der Waals surface area contributed by atoms with Gasteiger partial charge in [0.05, 0.1) is 25.6 Å². The van der Waals surface area contributed by atoms with Crippen LogP contribution in [0.15, 0.2) is 18.2 Å². The Hall–Kier alpha value is -1.88. The lowest BCUT2D eigenvalue weighted by Crippen LogP contribution is -3.11. The van der Waals surface area contributed by atoms with E-state index in [1.54, 1.807) is 9.80 Å². The van der Waals surface area contributed by atoms with Crippen molar-refractivity contribution >= 4 is 17.5 Å². The van der Waals surface area contributed by atoms with Gasteiger partial charge in [0.1, 0.15) is 0 Å². The Balaban J connectivity index is 1.84. The van der Waals surface area contributed by atoms with Crippen molar-refractivity contribution in [2.45, 2.75) is 40.5 Å². The summed E-state index contributed by atoms with van der Waals surface area (Å²) in [5.41, 5.74) is 3.27. The van der Waals surface area contributed by atoms with Crippen LogP contribution in [0.1, 0.15) is 37.8 Å². The highest BCUT2D eigenvalue weighted by molar-refractivity contribution is 6.00. The molecule has 1 atom stereocenters. The minimum Gasteiger partial charge on any atom is -0.356 e. The van der Waals surface area contributed by atoms with Crippen LogP contribution in [0.4, 0.5) is 5.69 Å². The molecule has 5 heteroatoms. The summed E-state index contributed by atoms with van der Waals surface area (Å²) in [5, 5.41) is 3.01. The van der Waals surface area contributed by atoms with E-state index in [1.807, 2.05) is 25.1 Å². The molecule has 2 rings (SSSR count). The summed E-state index contributed by atoms with van der Waals surface area (Å²) < 4.78 is 0. The number of carbonyl (C=O) groups is 2. The first kappa shape index (κ1) is 19.4. The largest absolute Gasteiger partial charge is 0.356 e. The molecule has 0 radical (unpaired) electrons. The van der Waals surface area contributed by atoms with Gasteiger partial charge in [0, 0.05) is 31.6 Å². The van der Waals surface area contributed by atoms with Gasteiger partial charge in [-0.3, -0.25) is 9.59 Å². The molecule has 0 bridgehead atoms. The first-order valence-electron chi connectivity index (χ1n) is 9.45. The smallest absolute Gasteiger partial charge is 0.227 e. The van der Waals surface area contributed by atoms with Gasteiger partial charge in [-0.15, -0.1) is 0 Å². The van der Waals surface area contributed by atoms with E-state index in [-0.39, 0.29) is 17.7 Å². The SMILES string of the molecule is CC[NH+](CC)CCCNC(=O)[C@@H]1CC(=O)N(c2ccc(C)c(C)c2)C1. The van der Waals surface area contributed by atoms with E-state index in [0.29, 0.717) is 19.5 Å². The number of carbonyl (C=O) groups excluding carboxylic acids is 2. The van der Waals surface area contributed by atoms with Gasteiger partial charge in [0.2, 0.25) is 11.8 Å². The normalized spacial score (nSPS) is 17.4. The van der Waals surface area contributed by atoms with E-state index in [0.717, 1.165) is 37.3 Å². The molecule has 1 aromatic rings. The lowest BCUT2D eigenvalue weighted by Gasteiger charge is -2.18. The third-order valence-corrected chi connectivity index (χ3v) is 5.30. The number of rotatable bonds is 8. The van der Waals surface area contributed by atoms with Crippen LogP contribution in [0.5, 0.6) is 0 Å². The Labute approximate surface area is 151 Å². The summed E-state index contributed by atoms with van der Waals surface area (Å²) in [6.07, 6.45) is 1.28. The second kappa shape index (κ2) is 8.99. The molecule has 0 unspecified atom stereocenters. The van der Waals surface area contributed by atoms with Crippen molar-refractivity contribution in [1.29, 1.82) is 0 Å². The van der Waals surface area contributed by atoms with E-state index in [4.69, 9.17) is 0 Å². The van der Waals surface area contributed by atoms with Crippen LogP contribution in [0.3, 0.4) is 0 Å². The van der Waals surface area contributed by atoms with Crippen LogP contribution >= 0.6 is 0 Å². The molecule has 0 aliphatic carbocycles. The Kier molecular flexibility index (Phi) is 7.00. The van der Waals surface area contributed by atoms with Crippen LogP contribution < -0.4 is 15.1 Å². The van der Waals surface area contributed by atoms with Gasteiger partial charge in [-0.1, -0.05) is 6.07 Å². The monoisotopic (exact) mass is 346 g/mol. The van der Waals surface area contributed by atoms with Crippen molar-refractivity contribution in [2.24, 2.45) is 5.92 Å². The zero-order valence-electron chi connectivity index (χ0n) is 16.0. The average molecular weight is 346 g/mol. The van der Waals surface area contributed by atoms with Crippen molar-refractivity contribution in [2.75, 3.05) is 37.6 Å². The lowest BCUT2D eigenvalue weighted by molar-refractivity contribution is -0.896. The Morgan fingerprint density at radius 2 is 1.96 bits per heavy atom. The van der Waals surface area contributed by atoms with Crippen molar-refractivity contribution < 1.29 is 14.5 Å². The average Bonchev–Trinajstić information content (AvgIpc) is 2.99. The van der Waals surface area contributed by atoms with E-state index in [9.17, 15) is 9.59 Å². The molecule has 1 aromatic carbocycles. The number of quaternary nitrogens is 1. The van der Waals surface area contributed by atoms with Gasteiger partial charge in [-0.05, 0) is 51.0 Å². The number of hydrogen-bond acceptors (Lipinski definition) is 2. The second-order valence-corrected chi connectivity index (χ2v) is 7.03. The molecule has 0 aromatic heterocycles. The first-order valence-corrected chi connectivity index (χ1v) is 9.45. The number of nitrogens with one attached hydrogen (secondary N) is 2. The zero-order valence-corrected chi connectivity index (χ0v) is 16.0. The molecule has 1 heterocycles. The molecule has 0 saturated carbocycles. The number of benzene rings is 1. The van der Waals surface area contributed by atoms with Crippen LogP contribution in [-0.2, 0) is 9.59 Å². The highest BCUT2D eigenvalue weighted by Gasteiger charge is 2.35. The van der Waals surface area contributed by atoms with Crippen molar-refractivity contribution in [3.8, 4) is 0 Å². The van der Waals surface area contributed by atoms with E-state index in [1.165, 1.54) is 5.56 Å². The summed E-state index contributed by atoms with van der Waals surface area (Å²) in [6.45, 7) is 12.9. The molecular formula is C20H32N3O2+. The molecule has 5 nitrogen and oxygen atoms in total. The second-order valence-electron chi connectivity index (χ2n) is 7.03. The van der Waals surface area contributed by atoms with Crippen LogP contribution in [0.2, 0.25) is 0 Å². The van der Waals surface area contributed by atoms with Gasteiger partial charge in [0.25, 0.3) is 0 Å². The standard InChI is InChI=1S/C20H31N3O2/c1-5-22(6-2)11-7-10-21-20(25)17-13-19(24)23(14-17)18-9-8-15(3)16(4)12-18/h8-9,12,17H,5-7,10-11,13-14H2,1-4H3,(H,21,25)/p+1/t17-/m1/s1. The molecule has 1 aliphatic rings. The van der Waals surface area contributed by atoms with Crippen LogP contribution in [0, 0.1) is 19.8 Å². The summed E-state index contributed by atoms with van der Waals surface area (Å²) in [7, 11) is 0. The quantitative estimate of drug-likeness (QED) is 0.693. The van der Waals surface area contributed by atoms with Gasteiger partial charge in [-0.2, -0.15) is 0 Å². The topological polar surface area (TPSA) is 53.9 Å².